The summed E-state index contributed by atoms with van der Waals surface area (Å²) in [6.45, 7) is 1.50. The van der Waals surface area contributed by atoms with Crippen LogP contribution < -0.4 is 5.32 Å². The molecule has 23 heavy (non-hydrogen) atoms. The fourth-order valence-corrected chi connectivity index (χ4v) is 3.63. The van der Waals surface area contributed by atoms with Crippen LogP contribution in [0.1, 0.15) is 17.7 Å². The van der Waals surface area contributed by atoms with Crippen LogP contribution in [0.2, 0.25) is 5.02 Å². The lowest BCUT2D eigenvalue weighted by atomic mass is 10.1. The summed E-state index contributed by atoms with van der Waals surface area (Å²) in [4.78, 5) is 16.4. The molecular formula is C16H17ClN2O3S. The van der Waals surface area contributed by atoms with E-state index < -0.39 is 5.97 Å². The van der Waals surface area contributed by atoms with E-state index in [-0.39, 0.29) is 12.5 Å². The number of carbonyl (C=O) groups is 1. The molecule has 5 nitrogen and oxygen atoms in total. The van der Waals surface area contributed by atoms with Gasteiger partial charge in [-0.05, 0) is 25.0 Å². The van der Waals surface area contributed by atoms with Crippen molar-refractivity contribution in [2.75, 3.05) is 18.5 Å². The molecule has 0 aliphatic carbocycles. The Bertz CT molecular complexity index is 681. The number of halogens is 1. The Labute approximate surface area is 143 Å². The molecule has 0 amide bonds. The van der Waals surface area contributed by atoms with Gasteiger partial charge in [-0.1, -0.05) is 23.7 Å². The van der Waals surface area contributed by atoms with Gasteiger partial charge >= 0.3 is 5.97 Å². The highest BCUT2D eigenvalue weighted by atomic mass is 35.5. The average molecular weight is 353 g/mol. The molecule has 1 atom stereocenters. The van der Waals surface area contributed by atoms with E-state index in [4.69, 9.17) is 21.4 Å². The topological polar surface area (TPSA) is 71.5 Å². The number of aromatic nitrogens is 1. The van der Waals surface area contributed by atoms with E-state index in [2.05, 4.69) is 10.3 Å². The van der Waals surface area contributed by atoms with Gasteiger partial charge in [0.1, 0.15) is 0 Å². The summed E-state index contributed by atoms with van der Waals surface area (Å²) in [5.74, 6) is -0.866. The maximum atomic E-state index is 11.1. The highest BCUT2D eigenvalue weighted by Crippen LogP contribution is 2.32. The molecule has 1 aromatic heterocycles. The SMILES string of the molecule is O=C(O)Cc1sc(NC[C@@H]2CCCO2)nc1-c1ccc(Cl)cc1. The smallest absolute Gasteiger partial charge is 0.308 e. The highest BCUT2D eigenvalue weighted by molar-refractivity contribution is 7.16. The number of benzene rings is 1. The van der Waals surface area contributed by atoms with E-state index in [0.29, 0.717) is 17.3 Å². The van der Waals surface area contributed by atoms with Gasteiger partial charge < -0.3 is 15.2 Å². The third kappa shape index (κ3) is 4.22. The van der Waals surface area contributed by atoms with Crippen molar-refractivity contribution in [3.8, 4) is 11.3 Å². The van der Waals surface area contributed by atoms with Crippen molar-refractivity contribution in [1.29, 1.82) is 0 Å². The maximum absolute atomic E-state index is 11.1. The van der Waals surface area contributed by atoms with Crippen LogP contribution in [-0.4, -0.2) is 35.3 Å². The van der Waals surface area contributed by atoms with Crippen LogP contribution >= 0.6 is 22.9 Å². The largest absolute Gasteiger partial charge is 0.481 e. The van der Waals surface area contributed by atoms with Crippen LogP contribution in [0.3, 0.4) is 0 Å². The Morgan fingerprint density at radius 1 is 1.43 bits per heavy atom. The van der Waals surface area contributed by atoms with Crippen LogP contribution in [0.5, 0.6) is 0 Å². The monoisotopic (exact) mass is 352 g/mol. The van der Waals surface area contributed by atoms with Crippen LogP contribution in [0.15, 0.2) is 24.3 Å². The number of carboxylic acids is 1. The number of hydrogen-bond acceptors (Lipinski definition) is 5. The summed E-state index contributed by atoms with van der Waals surface area (Å²) in [6, 6.07) is 7.26. The van der Waals surface area contributed by atoms with E-state index in [0.717, 1.165) is 35.0 Å². The number of ether oxygens (including phenoxy) is 1. The van der Waals surface area contributed by atoms with Crippen LogP contribution in [0.25, 0.3) is 11.3 Å². The van der Waals surface area contributed by atoms with Crippen LogP contribution in [0.4, 0.5) is 5.13 Å². The van der Waals surface area contributed by atoms with Crippen LogP contribution in [-0.2, 0) is 16.0 Å². The number of nitrogens with zero attached hydrogens (tertiary/aromatic N) is 1. The van der Waals surface area contributed by atoms with Crippen molar-refractivity contribution >= 4 is 34.0 Å². The van der Waals surface area contributed by atoms with Gasteiger partial charge in [0.25, 0.3) is 0 Å². The van der Waals surface area contributed by atoms with E-state index in [9.17, 15) is 4.79 Å². The number of aliphatic carboxylic acids is 1. The summed E-state index contributed by atoms with van der Waals surface area (Å²) in [7, 11) is 0. The summed E-state index contributed by atoms with van der Waals surface area (Å²) in [6.07, 6.45) is 2.30. The van der Waals surface area contributed by atoms with Gasteiger partial charge in [-0.2, -0.15) is 0 Å². The third-order valence-corrected chi connectivity index (χ3v) is 4.90. The van der Waals surface area contributed by atoms with Crippen molar-refractivity contribution in [2.45, 2.75) is 25.4 Å². The van der Waals surface area contributed by atoms with Crippen LogP contribution in [0, 0.1) is 0 Å². The molecular weight excluding hydrogens is 336 g/mol. The first-order valence-corrected chi connectivity index (χ1v) is 8.64. The third-order valence-electron chi connectivity index (χ3n) is 3.63. The molecule has 1 aromatic carbocycles. The fraction of sp³-hybridized carbons (Fsp3) is 0.375. The van der Waals surface area contributed by atoms with Gasteiger partial charge in [-0.3, -0.25) is 4.79 Å². The quantitative estimate of drug-likeness (QED) is 0.829. The molecule has 0 spiro atoms. The number of hydrogen-bond donors (Lipinski definition) is 2. The lowest BCUT2D eigenvalue weighted by molar-refractivity contribution is -0.136. The first kappa shape index (κ1) is 16.2. The van der Waals surface area contributed by atoms with E-state index in [1.165, 1.54) is 11.3 Å². The Kier molecular flexibility index (Phi) is 5.15. The normalized spacial score (nSPS) is 17.3. The molecule has 0 unspecified atom stereocenters. The molecule has 1 saturated heterocycles. The van der Waals surface area contributed by atoms with Crippen molar-refractivity contribution in [3.05, 3.63) is 34.2 Å². The standard InChI is InChI=1S/C16H17ClN2O3S/c17-11-5-3-10(4-6-11)15-13(8-14(20)21)23-16(19-15)18-9-12-2-1-7-22-12/h3-6,12H,1-2,7-9H2,(H,18,19)(H,20,21)/t12-/m0/s1. The zero-order valence-corrected chi connectivity index (χ0v) is 14.0. The number of thiazole rings is 1. The van der Waals surface area contributed by atoms with Gasteiger partial charge in [0.05, 0.1) is 18.2 Å². The number of nitrogens with one attached hydrogen (secondary N) is 1. The molecule has 0 bridgehead atoms. The molecule has 2 N–H and O–H groups in total. The molecule has 0 saturated carbocycles. The summed E-state index contributed by atoms with van der Waals surface area (Å²) >= 11 is 7.29. The Morgan fingerprint density at radius 3 is 2.87 bits per heavy atom. The van der Waals surface area contributed by atoms with Gasteiger partial charge in [-0.25, -0.2) is 4.98 Å². The second kappa shape index (κ2) is 7.29. The molecule has 2 aromatic rings. The van der Waals surface area contributed by atoms with Gasteiger partial charge in [-0.15, -0.1) is 11.3 Å². The van der Waals surface area contributed by atoms with Crippen molar-refractivity contribution in [3.63, 3.8) is 0 Å². The lowest BCUT2D eigenvalue weighted by Crippen LogP contribution is -2.18. The second-order valence-corrected chi connectivity index (χ2v) is 6.90. The molecule has 2 heterocycles. The zero-order chi connectivity index (χ0) is 16.2. The molecule has 3 rings (SSSR count). The van der Waals surface area contributed by atoms with Gasteiger partial charge in [0, 0.05) is 28.6 Å². The average Bonchev–Trinajstić information content (AvgIpc) is 3.15. The number of rotatable bonds is 6. The number of anilines is 1. The fourth-order valence-electron chi connectivity index (χ4n) is 2.52. The first-order valence-electron chi connectivity index (χ1n) is 7.45. The molecule has 7 heteroatoms. The van der Waals surface area contributed by atoms with Crippen molar-refractivity contribution in [2.24, 2.45) is 0 Å². The van der Waals surface area contributed by atoms with Gasteiger partial charge in [0.15, 0.2) is 5.13 Å². The summed E-state index contributed by atoms with van der Waals surface area (Å²) in [5, 5.41) is 13.7. The summed E-state index contributed by atoms with van der Waals surface area (Å²) < 4.78 is 5.58. The maximum Gasteiger partial charge on any atom is 0.308 e. The van der Waals surface area contributed by atoms with E-state index in [1.54, 1.807) is 12.1 Å². The van der Waals surface area contributed by atoms with Crippen molar-refractivity contribution < 1.29 is 14.6 Å². The Morgan fingerprint density at radius 2 is 2.22 bits per heavy atom. The first-order chi connectivity index (χ1) is 11.1. The predicted molar refractivity (Wildman–Crippen MR) is 91.4 cm³/mol. The molecule has 1 fully saturated rings. The minimum atomic E-state index is -0.866. The lowest BCUT2D eigenvalue weighted by Gasteiger charge is -2.09. The second-order valence-electron chi connectivity index (χ2n) is 5.38. The predicted octanol–water partition coefficient (Wildman–Crippen LogP) is 3.68. The van der Waals surface area contributed by atoms with E-state index in [1.807, 2.05) is 12.1 Å². The van der Waals surface area contributed by atoms with Crippen molar-refractivity contribution in [1.82, 2.24) is 4.98 Å². The van der Waals surface area contributed by atoms with E-state index >= 15 is 0 Å². The minimum absolute atomic E-state index is 0.0444. The Hall–Kier alpha value is -1.63. The van der Waals surface area contributed by atoms with Gasteiger partial charge in [0.2, 0.25) is 0 Å². The zero-order valence-electron chi connectivity index (χ0n) is 12.4. The molecule has 1 aliphatic heterocycles. The molecule has 122 valence electrons. The number of carboxylic acid groups (broad SMARTS) is 1. The molecule has 0 radical (unpaired) electrons. The summed E-state index contributed by atoms with van der Waals surface area (Å²) in [5.41, 5.74) is 1.57. The highest BCUT2D eigenvalue weighted by Gasteiger charge is 2.18. The molecule has 1 aliphatic rings. The minimum Gasteiger partial charge on any atom is -0.481 e. The Balaban J connectivity index is 1.80.